The fourth-order valence-electron chi connectivity index (χ4n) is 7.82. The molecule has 0 saturated heterocycles. The van der Waals surface area contributed by atoms with Gasteiger partial charge in [0.2, 0.25) is 0 Å². The number of allylic oxidation sites excluding steroid dienone is 1. The highest BCUT2D eigenvalue weighted by Gasteiger charge is 2.55. The third-order valence-electron chi connectivity index (χ3n) is 9.27. The first-order chi connectivity index (χ1) is 13.7. The van der Waals surface area contributed by atoms with Gasteiger partial charge in [-0.05, 0) is 98.4 Å². The Morgan fingerprint density at radius 3 is 2.41 bits per heavy atom. The molecule has 29 heavy (non-hydrogen) atoms. The first kappa shape index (κ1) is 20.6. The minimum atomic E-state index is -1.29. The quantitative estimate of drug-likeness (QED) is 0.658. The number of ketones is 1. The molecule has 4 aliphatic carbocycles. The van der Waals surface area contributed by atoms with E-state index in [1.165, 1.54) is 31.3 Å². The maximum absolute atomic E-state index is 11.9. The molecule has 0 radical (unpaired) electrons. The van der Waals surface area contributed by atoms with E-state index >= 15 is 0 Å². The maximum atomic E-state index is 11.9. The van der Waals surface area contributed by atoms with E-state index in [1.54, 1.807) is 0 Å². The summed E-state index contributed by atoms with van der Waals surface area (Å²) in [7, 11) is 0. The van der Waals surface area contributed by atoms with Crippen molar-refractivity contribution < 1.29 is 24.6 Å². The molecule has 2 N–H and O–H groups in total. The van der Waals surface area contributed by atoms with E-state index in [0.717, 1.165) is 19.3 Å². The summed E-state index contributed by atoms with van der Waals surface area (Å²) < 4.78 is 0. The molecule has 160 valence electrons. The highest BCUT2D eigenvalue weighted by Crippen LogP contribution is 2.63. The number of fused-ring (bicyclic) bond motifs is 5. The average molecular weight is 403 g/mol. The second-order valence-electron chi connectivity index (χ2n) is 10.5. The predicted octanol–water partition coefficient (Wildman–Crippen LogP) is 4.56. The zero-order valence-electron chi connectivity index (χ0n) is 17.6. The Morgan fingerprint density at radius 2 is 1.72 bits per heavy atom. The Hall–Kier alpha value is -1.65. The van der Waals surface area contributed by atoms with Gasteiger partial charge < -0.3 is 10.2 Å². The van der Waals surface area contributed by atoms with Gasteiger partial charge in [0.25, 0.3) is 0 Å². The molecule has 4 aliphatic rings. The Labute approximate surface area is 172 Å². The standard InChI is InChI=1S/C24H34O5/c1-13(11-20(22(26)27)23(28)29)16-5-6-18-17(16)7-8-21-19(18)4-3-14-12-15(25)9-10-24(14,21)2/h12-13,16-21H,3-11H2,1-2H3,(H,26,27)(H,28,29)/t13-,16-,17?,18-,19+,21+,24+/m1/s1. The Bertz CT molecular complexity index is 726. The molecule has 3 fully saturated rings. The highest BCUT2D eigenvalue weighted by molar-refractivity contribution is 5.93. The van der Waals surface area contributed by atoms with Crippen LogP contribution in [-0.4, -0.2) is 27.9 Å². The fraction of sp³-hybridized carbons (Fsp3) is 0.792. The van der Waals surface area contributed by atoms with Crippen LogP contribution in [0.25, 0.3) is 0 Å². The van der Waals surface area contributed by atoms with E-state index in [9.17, 15) is 24.6 Å². The molecular formula is C24H34O5. The number of carbonyl (C=O) groups excluding carboxylic acids is 1. The second kappa shape index (κ2) is 7.55. The van der Waals surface area contributed by atoms with Crippen LogP contribution in [0, 0.1) is 46.8 Å². The molecule has 0 aliphatic heterocycles. The maximum Gasteiger partial charge on any atom is 0.317 e. The Morgan fingerprint density at radius 1 is 1.03 bits per heavy atom. The molecule has 0 aromatic carbocycles. The van der Waals surface area contributed by atoms with Crippen LogP contribution < -0.4 is 0 Å². The van der Waals surface area contributed by atoms with Crippen LogP contribution in [0.5, 0.6) is 0 Å². The third kappa shape index (κ3) is 3.44. The van der Waals surface area contributed by atoms with E-state index < -0.39 is 17.9 Å². The number of rotatable bonds is 5. The van der Waals surface area contributed by atoms with Crippen molar-refractivity contribution >= 4 is 17.7 Å². The number of hydrogen-bond donors (Lipinski definition) is 2. The zero-order valence-corrected chi connectivity index (χ0v) is 17.6. The van der Waals surface area contributed by atoms with Crippen LogP contribution in [0.15, 0.2) is 11.6 Å². The van der Waals surface area contributed by atoms with Crippen LogP contribution in [-0.2, 0) is 14.4 Å². The van der Waals surface area contributed by atoms with Gasteiger partial charge in [0, 0.05) is 6.42 Å². The second-order valence-corrected chi connectivity index (χ2v) is 10.5. The van der Waals surface area contributed by atoms with Crippen molar-refractivity contribution in [3.8, 4) is 0 Å². The van der Waals surface area contributed by atoms with Gasteiger partial charge in [0.1, 0.15) is 0 Å². The van der Waals surface area contributed by atoms with E-state index in [-0.39, 0.29) is 17.8 Å². The molecule has 0 aromatic rings. The zero-order chi connectivity index (χ0) is 20.9. The minimum Gasteiger partial charge on any atom is -0.481 e. The Kier molecular flexibility index (Phi) is 5.37. The molecule has 0 amide bonds. The molecule has 0 heterocycles. The first-order valence-corrected chi connectivity index (χ1v) is 11.4. The van der Waals surface area contributed by atoms with E-state index in [2.05, 4.69) is 13.8 Å². The average Bonchev–Trinajstić information content (AvgIpc) is 3.10. The SMILES string of the molecule is C[C@H](CC(C(=O)O)C(=O)O)[C@H]1CC[C@@H]2C1CC[C@H]1[C@H]2CCC2=CC(=O)CC[C@@]21C. The molecule has 5 heteroatoms. The van der Waals surface area contributed by atoms with Gasteiger partial charge in [-0.25, -0.2) is 0 Å². The fourth-order valence-corrected chi connectivity index (χ4v) is 7.82. The summed E-state index contributed by atoms with van der Waals surface area (Å²) in [5.74, 6) is -0.192. The van der Waals surface area contributed by atoms with Gasteiger partial charge in [0.15, 0.2) is 11.7 Å². The van der Waals surface area contributed by atoms with Crippen LogP contribution in [0.3, 0.4) is 0 Å². The van der Waals surface area contributed by atoms with Crippen molar-refractivity contribution in [3.63, 3.8) is 0 Å². The first-order valence-electron chi connectivity index (χ1n) is 11.4. The van der Waals surface area contributed by atoms with Crippen molar-refractivity contribution in [1.29, 1.82) is 0 Å². The van der Waals surface area contributed by atoms with Gasteiger partial charge in [0.05, 0.1) is 0 Å². The Balaban J connectivity index is 1.49. The molecular weight excluding hydrogens is 368 g/mol. The largest absolute Gasteiger partial charge is 0.481 e. The number of carboxylic acid groups (broad SMARTS) is 2. The lowest BCUT2D eigenvalue weighted by molar-refractivity contribution is -0.155. The molecule has 4 rings (SSSR count). The summed E-state index contributed by atoms with van der Waals surface area (Å²) in [6.07, 6.45) is 10.7. The van der Waals surface area contributed by atoms with Gasteiger partial charge in [-0.2, -0.15) is 0 Å². The van der Waals surface area contributed by atoms with Gasteiger partial charge in [-0.15, -0.1) is 0 Å². The molecule has 1 unspecified atom stereocenters. The summed E-state index contributed by atoms with van der Waals surface area (Å²) in [6.45, 7) is 4.45. The highest BCUT2D eigenvalue weighted by atomic mass is 16.4. The third-order valence-corrected chi connectivity index (χ3v) is 9.27. The van der Waals surface area contributed by atoms with E-state index in [4.69, 9.17) is 0 Å². The summed E-state index contributed by atoms with van der Waals surface area (Å²) >= 11 is 0. The van der Waals surface area contributed by atoms with Crippen LogP contribution in [0.2, 0.25) is 0 Å². The van der Waals surface area contributed by atoms with Crippen molar-refractivity contribution in [3.05, 3.63) is 11.6 Å². The van der Waals surface area contributed by atoms with Crippen molar-refractivity contribution in [2.45, 2.75) is 71.6 Å². The molecule has 0 aromatic heterocycles. The monoisotopic (exact) mass is 402 g/mol. The smallest absolute Gasteiger partial charge is 0.317 e. The number of carboxylic acids is 2. The van der Waals surface area contributed by atoms with E-state index in [1.807, 2.05) is 6.08 Å². The van der Waals surface area contributed by atoms with Crippen LogP contribution in [0.4, 0.5) is 0 Å². The molecule has 7 atom stereocenters. The normalized spacial score (nSPS) is 39.9. The molecule has 3 saturated carbocycles. The van der Waals surface area contributed by atoms with Gasteiger partial charge in [-0.1, -0.05) is 19.4 Å². The summed E-state index contributed by atoms with van der Waals surface area (Å²) in [5.41, 5.74) is 1.57. The minimum absolute atomic E-state index is 0.126. The molecule has 0 bridgehead atoms. The number of aliphatic carboxylic acids is 2. The van der Waals surface area contributed by atoms with E-state index in [0.29, 0.717) is 41.8 Å². The van der Waals surface area contributed by atoms with Gasteiger partial charge >= 0.3 is 11.9 Å². The number of carbonyl (C=O) groups is 3. The van der Waals surface area contributed by atoms with Gasteiger partial charge in [-0.3, -0.25) is 14.4 Å². The predicted molar refractivity (Wildman–Crippen MR) is 108 cm³/mol. The van der Waals surface area contributed by atoms with Crippen molar-refractivity contribution in [2.75, 3.05) is 0 Å². The van der Waals surface area contributed by atoms with Crippen LogP contribution >= 0.6 is 0 Å². The molecule has 0 spiro atoms. The molecule has 5 nitrogen and oxygen atoms in total. The number of hydrogen-bond acceptors (Lipinski definition) is 3. The lowest BCUT2D eigenvalue weighted by atomic mass is 9.49. The summed E-state index contributed by atoms with van der Waals surface area (Å²) in [6, 6.07) is 0. The summed E-state index contributed by atoms with van der Waals surface area (Å²) in [4.78, 5) is 34.6. The lowest BCUT2D eigenvalue weighted by Crippen LogP contribution is -2.47. The van der Waals surface area contributed by atoms with Crippen molar-refractivity contribution in [1.82, 2.24) is 0 Å². The van der Waals surface area contributed by atoms with Crippen molar-refractivity contribution in [2.24, 2.45) is 46.8 Å². The summed E-state index contributed by atoms with van der Waals surface area (Å²) in [5, 5.41) is 18.5. The van der Waals surface area contributed by atoms with Crippen LogP contribution in [0.1, 0.15) is 71.6 Å². The lowest BCUT2D eigenvalue weighted by Gasteiger charge is -2.55. The topological polar surface area (TPSA) is 91.7 Å².